The van der Waals surface area contributed by atoms with Crippen LogP contribution in [-0.2, 0) is 16.0 Å². The second-order valence-corrected chi connectivity index (χ2v) is 5.73. The molecule has 7 heteroatoms. The molecule has 0 radical (unpaired) electrons. The first-order chi connectivity index (χ1) is 10.5. The number of H-pyrrole nitrogens is 2. The van der Waals surface area contributed by atoms with E-state index in [4.69, 9.17) is 9.15 Å². The van der Waals surface area contributed by atoms with Gasteiger partial charge in [-0.25, -0.2) is 0 Å². The Hall–Kier alpha value is -2.28. The zero-order valence-electron chi connectivity index (χ0n) is 12.4. The summed E-state index contributed by atoms with van der Waals surface area (Å²) in [5.74, 6) is -1.70. The molecule has 1 aliphatic carbocycles. The molecule has 0 aromatic carbocycles. The second-order valence-electron chi connectivity index (χ2n) is 5.73. The van der Waals surface area contributed by atoms with E-state index in [1.54, 1.807) is 26.0 Å². The van der Waals surface area contributed by atoms with Crippen LogP contribution in [0.3, 0.4) is 0 Å². The van der Waals surface area contributed by atoms with Crippen molar-refractivity contribution in [2.45, 2.75) is 31.8 Å². The number of carbonyl (C=O) groups excluding carboxylic acids is 1. The molecule has 22 heavy (non-hydrogen) atoms. The largest absolute Gasteiger partial charge is 0.469 e. The van der Waals surface area contributed by atoms with Gasteiger partial charge in [-0.1, -0.05) is 0 Å². The van der Waals surface area contributed by atoms with Crippen molar-refractivity contribution >= 4 is 5.97 Å². The molecule has 0 spiro atoms. The number of fused-ring (bicyclic) bond motifs is 1. The van der Waals surface area contributed by atoms with Crippen LogP contribution in [0.2, 0.25) is 0 Å². The number of aromatic amines is 2. The topological polar surface area (TPSA) is 108 Å². The molecule has 2 aromatic heterocycles. The van der Waals surface area contributed by atoms with Crippen molar-refractivity contribution in [3.63, 3.8) is 0 Å². The van der Waals surface area contributed by atoms with Gasteiger partial charge in [0.15, 0.2) is 0 Å². The average molecular weight is 306 g/mol. The van der Waals surface area contributed by atoms with E-state index < -0.39 is 23.4 Å². The molecule has 0 aliphatic heterocycles. The normalized spacial score (nSPS) is 27.4. The minimum absolute atomic E-state index is 0.155. The van der Waals surface area contributed by atoms with Crippen LogP contribution in [0.4, 0.5) is 0 Å². The Bertz CT molecular complexity index is 725. The van der Waals surface area contributed by atoms with E-state index in [-0.39, 0.29) is 18.6 Å². The molecule has 0 bridgehead atoms. The third-order valence-electron chi connectivity index (χ3n) is 4.14. The highest BCUT2D eigenvalue weighted by Crippen LogP contribution is 2.44. The minimum Gasteiger partial charge on any atom is -0.469 e. The van der Waals surface area contributed by atoms with Crippen molar-refractivity contribution in [1.29, 1.82) is 0 Å². The number of nitrogens with one attached hydrogen (secondary N) is 2. The quantitative estimate of drug-likeness (QED) is 0.731. The average Bonchev–Trinajstić information content (AvgIpc) is 3.07. The molecule has 0 saturated heterocycles. The number of esters is 1. The smallest absolute Gasteiger partial charge is 0.312 e. The summed E-state index contributed by atoms with van der Waals surface area (Å²) in [6.07, 6.45) is 1.63. The molecule has 0 unspecified atom stereocenters. The van der Waals surface area contributed by atoms with E-state index in [1.165, 1.54) is 6.26 Å². The van der Waals surface area contributed by atoms with E-state index in [9.17, 15) is 14.7 Å². The number of aliphatic hydroxyl groups is 1. The van der Waals surface area contributed by atoms with Gasteiger partial charge in [0.2, 0.25) is 0 Å². The van der Waals surface area contributed by atoms with Crippen LogP contribution >= 0.6 is 0 Å². The molecule has 7 nitrogen and oxygen atoms in total. The zero-order chi connectivity index (χ0) is 15.9. The number of carbonyl (C=O) groups is 1. The van der Waals surface area contributed by atoms with Gasteiger partial charge in [-0.2, -0.15) is 0 Å². The number of ether oxygens (including phenoxy) is 1. The number of hydrogen-bond donors (Lipinski definition) is 3. The molecular formula is C15H18N2O5. The van der Waals surface area contributed by atoms with Crippen molar-refractivity contribution in [2.24, 2.45) is 5.92 Å². The Morgan fingerprint density at radius 1 is 1.55 bits per heavy atom. The lowest BCUT2D eigenvalue weighted by Gasteiger charge is -2.39. The molecule has 0 saturated carbocycles. The summed E-state index contributed by atoms with van der Waals surface area (Å²) in [5.41, 5.74) is -0.681. The standard InChI is InChI=1S/C15H18N2O5/c1-3-21-14(19)12-11(9-5-4-6-22-9)10-8(7-15(12,2)20)16-17-13(10)18/h4-6,11-12,20H,3,7H2,1-2H3,(H2,16,17,18)/t11-,12+,15-/m1/s1. The highest BCUT2D eigenvalue weighted by atomic mass is 16.5. The predicted octanol–water partition coefficient (Wildman–Crippen LogP) is 0.914. The van der Waals surface area contributed by atoms with Gasteiger partial charge >= 0.3 is 5.97 Å². The summed E-state index contributed by atoms with van der Waals surface area (Å²) in [7, 11) is 0. The number of hydrogen-bond acceptors (Lipinski definition) is 5. The zero-order valence-corrected chi connectivity index (χ0v) is 12.4. The van der Waals surface area contributed by atoms with Crippen molar-refractivity contribution in [3.05, 3.63) is 45.8 Å². The van der Waals surface area contributed by atoms with Gasteiger partial charge < -0.3 is 19.4 Å². The van der Waals surface area contributed by atoms with Crippen molar-refractivity contribution in [1.82, 2.24) is 10.2 Å². The SMILES string of the molecule is CCOC(=O)[C@@H]1[C@H](c2ccco2)c2c([nH][nH]c2=O)C[C@@]1(C)O. The van der Waals surface area contributed by atoms with Gasteiger partial charge in [0.1, 0.15) is 5.76 Å². The predicted molar refractivity (Wildman–Crippen MR) is 76.4 cm³/mol. The third-order valence-corrected chi connectivity index (χ3v) is 4.14. The maximum Gasteiger partial charge on any atom is 0.312 e. The van der Waals surface area contributed by atoms with E-state index in [0.717, 1.165) is 0 Å². The fourth-order valence-corrected chi connectivity index (χ4v) is 3.26. The monoisotopic (exact) mass is 306 g/mol. The van der Waals surface area contributed by atoms with Gasteiger partial charge in [-0.15, -0.1) is 0 Å². The number of furan rings is 1. The Morgan fingerprint density at radius 2 is 2.32 bits per heavy atom. The summed E-state index contributed by atoms with van der Waals surface area (Å²) >= 11 is 0. The molecule has 118 valence electrons. The Balaban J connectivity index is 2.19. The second kappa shape index (κ2) is 5.17. The van der Waals surface area contributed by atoms with E-state index in [0.29, 0.717) is 17.0 Å². The van der Waals surface area contributed by atoms with E-state index in [1.807, 2.05) is 0 Å². The van der Waals surface area contributed by atoms with Crippen LogP contribution in [0.1, 0.15) is 36.8 Å². The highest BCUT2D eigenvalue weighted by Gasteiger charge is 2.52. The van der Waals surface area contributed by atoms with Gasteiger partial charge in [0, 0.05) is 12.1 Å². The van der Waals surface area contributed by atoms with Crippen LogP contribution < -0.4 is 5.56 Å². The maximum atomic E-state index is 12.4. The van der Waals surface area contributed by atoms with Gasteiger partial charge in [-0.3, -0.25) is 14.7 Å². The number of rotatable bonds is 3. The number of aromatic nitrogens is 2. The molecule has 1 aliphatic rings. The Morgan fingerprint density at radius 3 is 2.95 bits per heavy atom. The van der Waals surface area contributed by atoms with E-state index in [2.05, 4.69) is 10.2 Å². The van der Waals surface area contributed by atoms with Crippen molar-refractivity contribution < 1.29 is 19.1 Å². The highest BCUT2D eigenvalue weighted by molar-refractivity contribution is 5.76. The molecule has 2 heterocycles. The lowest BCUT2D eigenvalue weighted by Crippen LogP contribution is -2.50. The minimum atomic E-state index is -1.36. The van der Waals surface area contributed by atoms with Crippen LogP contribution in [0, 0.1) is 5.92 Å². The fraction of sp³-hybridized carbons (Fsp3) is 0.467. The van der Waals surface area contributed by atoms with Crippen LogP contribution in [-0.4, -0.2) is 33.5 Å². The van der Waals surface area contributed by atoms with Crippen molar-refractivity contribution in [3.8, 4) is 0 Å². The molecule has 2 aromatic rings. The summed E-state index contributed by atoms with van der Waals surface area (Å²) in [4.78, 5) is 24.6. The molecule has 0 fully saturated rings. The molecule has 3 N–H and O–H groups in total. The molecule has 3 rings (SSSR count). The summed E-state index contributed by atoms with van der Waals surface area (Å²) < 4.78 is 10.5. The van der Waals surface area contributed by atoms with Gasteiger partial charge in [0.25, 0.3) is 5.56 Å². The molecular weight excluding hydrogens is 288 g/mol. The first-order valence-corrected chi connectivity index (χ1v) is 7.17. The van der Waals surface area contributed by atoms with Crippen LogP contribution in [0.5, 0.6) is 0 Å². The fourth-order valence-electron chi connectivity index (χ4n) is 3.26. The maximum absolute atomic E-state index is 12.4. The van der Waals surface area contributed by atoms with E-state index >= 15 is 0 Å². The Labute approximate surface area is 126 Å². The molecule has 0 amide bonds. The first kappa shape index (κ1) is 14.6. The Kier molecular flexibility index (Phi) is 3.44. The van der Waals surface area contributed by atoms with Gasteiger partial charge in [0.05, 0.1) is 35.9 Å². The lowest BCUT2D eigenvalue weighted by atomic mass is 9.68. The molecule has 3 atom stereocenters. The first-order valence-electron chi connectivity index (χ1n) is 7.17. The summed E-state index contributed by atoms with van der Waals surface area (Å²) in [6.45, 7) is 3.47. The summed E-state index contributed by atoms with van der Waals surface area (Å²) in [5, 5.41) is 16.1. The third kappa shape index (κ3) is 2.18. The lowest BCUT2D eigenvalue weighted by molar-refractivity contribution is -0.159. The van der Waals surface area contributed by atoms with Crippen LogP contribution in [0.15, 0.2) is 27.6 Å². The van der Waals surface area contributed by atoms with Crippen molar-refractivity contribution in [2.75, 3.05) is 6.61 Å². The van der Waals surface area contributed by atoms with Crippen LogP contribution in [0.25, 0.3) is 0 Å². The van der Waals surface area contributed by atoms with Gasteiger partial charge in [-0.05, 0) is 26.0 Å². The summed E-state index contributed by atoms with van der Waals surface area (Å²) in [6, 6.07) is 3.37.